The zero-order chi connectivity index (χ0) is 20.3. The number of benzene rings is 2. The fourth-order valence-corrected chi connectivity index (χ4v) is 3.39. The van der Waals surface area contributed by atoms with Crippen molar-refractivity contribution >= 4 is 11.9 Å². The Kier molecular flexibility index (Phi) is 5.68. The molecule has 28 heavy (non-hydrogen) atoms. The maximum absolute atomic E-state index is 13.9. The highest BCUT2D eigenvalue weighted by Crippen LogP contribution is 2.31. The van der Waals surface area contributed by atoms with Crippen LogP contribution in [0.25, 0.3) is 0 Å². The minimum absolute atomic E-state index is 0.104. The molecule has 148 valence electrons. The second-order valence-electron chi connectivity index (χ2n) is 7.54. The quantitative estimate of drug-likeness (QED) is 0.842. The van der Waals surface area contributed by atoms with Crippen molar-refractivity contribution in [2.45, 2.75) is 38.2 Å². The highest BCUT2D eigenvalue weighted by Gasteiger charge is 2.30. The SMILES string of the molecule is CC(C)(Oc1cccc(C2CCN(C(=O)c3ccccc3F)CC2)c1)C(=O)O. The lowest BCUT2D eigenvalue weighted by Gasteiger charge is -2.32. The number of nitrogens with zero attached hydrogens (tertiary/aromatic N) is 1. The van der Waals surface area contributed by atoms with E-state index in [9.17, 15) is 19.1 Å². The molecule has 1 aliphatic rings. The monoisotopic (exact) mass is 385 g/mol. The van der Waals surface area contributed by atoms with Gasteiger partial charge in [0.05, 0.1) is 5.56 Å². The largest absolute Gasteiger partial charge is 0.478 e. The van der Waals surface area contributed by atoms with Gasteiger partial charge < -0.3 is 14.7 Å². The minimum Gasteiger partial charge on any atom is -0.478 e. The Morgan fingerprint density at radius 2 is 1.79 bits per heavy atom. The normalized spacial score (nSPS) is 15.3. The van der Waals surface area contributed by atoms with Crippen LogP contribution in [-0.4, -0.2) is 40.6 Å². The highest BCUT2D eigenvalue weighted by atomic mass is 19.1. The van der Waals surface area contributed by atoms with E-state index in [2.05, 4.69) is 0 Å². The number of carbonyl (C=O) groups is 2. The topological polar surface area (TPSA) is 66.8 Å². The van der Waals surface area contributed by atoms with Gasteiger partial charge in [-0.15, -0.1) is 0 Å². The first-order valence-corrected chi connectivity index (χ1v) is 9.34. The van der Waals surface area contributed by atoms with Gasteiger partial charge in [-0.3, -0.25) is 4.79 Å². The van der Waals surface area contributed by atoms with Gasteiger partial charge in [0.2, 0.25) is 0 Å². The third-order valence-corrected chi connectivity index (χ3v) is 5.10. The molecule has 0 aromatic heterocycles. The van der Waals surface area contributed by atoms with Gasteiger partial charge in [-0.05, 0) is 62.4 Å². The van der Waals surface area contributed by atoms with Crippen molar-refractivity contribution in [2.24, 2.45) is 0 Å². The van der Waals surface area contributed by atoms with Crippen molar-refractivity contribution in [3.05, 3.63) is 65.5 Å². The molecule has 0 radical (unpaired) electrons. The Bertz CT molecular complexity index is 872. The second-order valence-corrected chi connectivity index (χ2v) is 7.54. The summed E-state index contributed by atoms with van der Waals surface area (Å²) in [7, 11) is 0. The molecule has 1 heterocycles. The van der Waals surface area contributed by atoms with Gasteiger partial charge in [-0.2, -0.15) is 0 Å². The number of piperidine rings is 1. The zero-order valence-corrected chi connectivity index (χ0v) is 16.0. The van der Waals surface area contributed by atoms with Gasteiger partial charge in [0.15, 0.2) is 5.60 Å². The molecule has 0 spiro atoms. The van der Waals surface area contributed by atoms with Crippen LogP contribution in [-0.2, 0) is 4.79 Å². The van der Waals surface area contributed by atoms with Crippen molar-refractivity contribution in [2.75, 3.05) is 13.1 Å². The number of carboxylic acids is 1. The van der Waals surface area contributed by atoms with E-state index in [1.807, 2.05) is 18.2 Å². The van der Waals surface area contributed by atoms with Crippen molar-refractivity contribution in [3.63, 3.8) is 0 Å². The number of halogens is 1. The average Bonchev–Trinajstić information content (AvgIpc) is 2.68. The van der Waals surface area contributed by atoms with E-state index >= 15 is 0 Å². The maximum Gasteiger partial charge on any atom is 0.347 e. The molecule has 6 heteroatoms. The molecule has 0 atom stereocenters. The van der Waals surface area contributed by atoms with E-state index in [-0.39, 0.29) is 17.4 Å². The Labute approximate surface area is 163 Å². The fourth-order valence-electron chi connectivity index (χ4n) is 3.39. The number of aliphatic carboxylic acids is 1. The van der Waals surface area contributed by atoms with E-state index in [0.29, 0.717) is 18.8 Å². The number of ether oxygens (including phenoxy) is 1. The molecule has 0 saturated carbocycles. The van der Waals surface area contributed by atoms with Gasteiger partial charge in [-0.25, -0.2) is 9.18 Å². The van der Waals surface area contributed by atoms with Crippen LogP contribution in [0.1, 0.15) is 48.5 Å². The molecule has 2 aromatic carbocycles. The molecule has 1 fully saturated rings. The number of hydrogen-bond donors (Lipinski definition) is 1. The summed E-state index contributed by atoms with van der Waals surface area (Å²) >= 11 is 0. The molecule has 0 bridgehead atoms. The van der Waals surface area contributed by atoms with Gasteiger partial charge >= 0.3 is 5.97 Å². The van der Waals surface area contributed by atoms with Gasteiger partial charge in [0.1, 0.15) is 11.6 Å². The van der Waals surface area contributed by atoms with E-state index < -0.39 is 17.4 Å². The molecule has 2 aromatic rings. The predicted molar refractivity (Wildman–Crippen MR) is 103 cm³/mol. The minimum atomic E-state index is -1.31. The zero-order valence-electron chi connectivity index (χ0n) is 16.0. The molecule has 0 unspecified atom stereocenters. The molecule has 1 saturated heterocycles. The van der Waals surface area contributed by atoms with E-state index in [1.54, 1.807) is 23.1 Å². The van der Waals surface area contributed by atoms with Crippen molar-refractivity contribution in [1.82, 2.24) is 4.90 Å². The summed E-state index contributed by atoms with van der Waals surface area (Å²) < 4.78 is 19.5. The Morgan fingerprint density at radius 3 is 2.43 bits per heavy atom. The van der Waals surface area contributed by atoms with E-state index in [0.717, 1.165) is 18.4 Å². The Hall–Kier alpha value is -2.89. The van der Waals surface area contributed by atoms with Crippen LogP contribution >= 0.6 is 0 Å². The van der Waals surface area contributed by atoms with Gasteiger partial charge in [0, 0.05) is 13.1 Å². The van der Waals surface area contributed by atoms with Gasteiger partial charge in [-0.1, -0.05) is 24.3 Å². The lowest BCUT2D eigenvalue weighted by Crippen LogP contribution is -2.38. The summed E-state index contributed by atoms with van der Waals surface area (Å²) in [5.74, 6) is -1.06. The summed E-state index contributed by atoms with van der Waals surface area (Å²) in [5.41, 5.74) is -0.155. The number of carboxylic acid groups (broad SMARTS) is 1. The number of amides is 1. The van der Waals surface area contributed by atoms with Crippen molar-refractivity contribution in [1.29, 1.82) is 0 Å². The van der Waals surface area contributed by atoms with Crippen LogP contribution in [0.4, 0.5) is 4.39 Å². The van der Waals surface area contributed by atoms with Crippen LogP contribution in [0.3, 0.4) is 0 Å². The third-order valence-electron chi connectivity index (χ3n) is 5.10. The predicted octanol–water partition coefficient (Wildman–Crippen LogP) is 4.09. The molecule has 1 aliphatic heterocycles. The van der Waals surface area contributed by atoms with E-state index in [4.69, 9.17) is 4.74 Å². The van der Waals surface area contributed by atoms with Crippen LogP contribution in [0.15, 0.2) is 48.5 Å². The number of carbonyl (C=O) groups excluding carboxylic acids is 1. The summed E-state index contributed by atoms with van der Waals surface area (Å²) in [6.45, 7) is 4.11. The molecule has 0 aliphatic carbocycles. The lowest BCUT2D eigenvalue weighted by atomic mass is 9.89. The van der Waals surface area contributed by atoms with Crippen LogP contribution in [0.2, 0.25) is 0 Å². The average molecular weight is 385 g/mol. The standard InChI is InChI=1S/C22H24FNO4/c1-22(2,21(26)27)28-17-7-5-6-16(14-17)15-10-12-24(13-11-15)20(25)18-8-3-4-9-19(18)23/h3-9,14-15H,10-13H2,1-2H3,(H,26,27). The number of likely N-dealkylation sites (tertiary alicyclic amines) is 1. The first-order chi connectivity index (χ1) is 13.3. The molecule has 3 rings (SSSR count). The summed E-state index contributed by atoms with van der Waals surface area (Å²) in [4.78, 5) is 25.5. The van der Waals surface area contributed by atoms with Gasteiger partial charge in [0.25, 0.3) is 5.91 Å². The van der Waals surface area contributed by atoms with E-state index in [1.165, 1.54) is 26.0 Å². The lowest BCUT2D eigenvalue weighted by molar-refractivity contribution is -0.152. The number of rotatable bonds is 5. The Morgan fingerprint density at radius 1 is 1.11 bits per heavy atom. The van der Waals surface area contributed by atoms with Crippen LogP contribution in [0.5, 0.6) is 5.75 Å². The first kappa shape index (κ1) is 19.9. The maximum atomic E-state index is 13.9. The smallest absolute Gasteiger partial charge is 0.347 e. The highest BCUT2D eigenvalue weighted by molar-refractivity contribution is 5.94. The summed E-state index contributed by atoms with van der Waals surface area (Å²) in [6, 6.07) is 13.5. The molecular weight excluding hydrogens is 361 g/mol. The molecular formula is C22H24FNO4. The van der Waals surface area contributed by atoms with Crippen LogP contribution < -0.4 is 4.74 Å². The van der Waals surface area contributed by atoms with Crippen molar-refractivity contribution < 1.29 is 23.8 Å². The fraction of sp³-hybridized carbons (Fsp3) is 0.364. The number of hydrogen-bond acceptors (Lipinski definition) is 3. The summed E-state index contributed by atoms with van der Waals surface area (Å²) in [5, 5.41) is 9.23. The molecule has 1 amide bonds. The first-order valence-electron chi connectivity index (χ1n) is 9.34. The Balaban J connectivity index is 1.65. The second kappa shape index (κ2) is 8.00. The molecule has 1 N–H and O–H groups in total. The van der Waals surface area contributed by atoms with Crippen molar-refractivity contribution in [3.8, 4) is 5.75 Å². The third kappa shape index (κ3) is 4.32. The summed E-state index contributed by atoms with van der Waals surface area (Å²) in [6.07, 6.45) is 1.51. The van der Waals surface area contributed by atoms with Crippen LogP contribution in [0, 0.1) is 5.82 Å². The molecule has 5 nitrogen and oxygen atoms in total.